The summed E-state index contributed by atoms with van der Waals surface area (Å²) in [7, 11) is 1.80. The van der Waals surface area contributed by atoms with Crippen LogP contribution >= 0.6 is 0 Å². The molecule has 0 bridgehead atoms. The van der Waals surface area contributed by atoms with Gasteiger partial charge < -0.3 is 20.6 Å². The van der Waals surface area contributed by atoms with E-state index in [4.69, 9.17) is 0 Å². The maximum absolute atomic E-state index is 12.2. The molecule has 0 saturated carbocycles. The molecule has 0 aliphatic heterocycles. The number of rotatable bonds is 4. The summed E-state index contributed by atoms with van der Waals surface area (Å²) in [6.07, 6.45) is 2.99. The first-order valence-electron chi connectivity index (χ1n) is 10.8. The zero-order valence-corrected chi connectivity index (χ0v) is 19.5. The highest BCUT2D eigenvalue weighted by Gasteiger charge is 2.08. The number of aryl methyl sites for hydroxylation is 1. The number of nitrogens with one attached hydrogen (secondary N) is 4. The molecule has 4 N–H and O–H groups in total. The molecule has 2 aromatic carbocycles. The molecule has 0 aliphatic rings. The summed E-state index contributed by atoms with van der Waals surface area (Å²) < 4.78 is 12.2. The molecule has 0 aliphatic carbocycles. The molecule has 0 atom stereocenters. The molecule has 5 rings (SSSR count). The van der Waals surface area contributed by atoms with Crippen molar-refractivity contribution in [2.45, 2.75) is 27.3 Å². The Morgan fingerprint density at radius 1 is 1.03 bits per heavy atom. The number of benzene rings is 2. The SMILES string of the molecule is CC.CNc1ccc(F)cc1.Cc1cccc2nc(CNc3ncnc4nc[nH]c34)[nH]c(=O)c12. The number of H-pyrrole nitrogens is 2. The number of anilines is 2. The number of hydrogen-bond donors (Lipinski definition) is 4. The predicted molar refractivity (Wildman–Crippen MR) is 133 cm³/mol. The van der Waals surface area contributed by atoms with E-state index in [2.05, 4.69) is 40.5 Å². The van der Waals surface area contributed by atoms with E-state index >= 15 is 0 Å². The first kappa shape index (κ1) is 24.3. The van der Waals surface area contributed by atoms with Gasteiger partial charge >= 0.3 is 0 Å². The van der Waals surface area contributed by atoms with Crippen LogP contribution < -0.4 is 16.2 Å². The lowest BCUT2D eigenvalue weighted by Crippen LogP contribution is -2.15. The summed E-state index contributed by atoms with van der Waals surface area (Å²) in [6.45, 7) is 6.23. The normalized spacial score (nSPS) is 10.1. The van der Waals surface area contributed by atoms with Crippen LogP contribution in [0.4, 0.5) is 15.9 Å². The van der Waals surface area contributed by atoms with Crippen LogP contribution in [-0.2, 0) is 6.54 Å². The molecule has 3 heterocycles. The fourth-order valence-electron chi connectivity index (χ4n) is 3.17. The molecule has 5 aromatic rings. The van der Waals surface area contributed by atoms with Gasteiger partial charge in [-0.3, -0.25) is 4.79 Å². The van der Waals surface area contributed by atoms with Crippen LogP contribution in [0.5, 0.6) is 0 Å². The standard InChI is InChI=1S/C15H13N7O.C7H8FN.C2H6/c1-8-3-2-4-9-11(8)15(23)22-10(21-9)5-16-13-12-14(18-6-17-12)20-7-19-13;1-9-7-4-2-6(8)3-5-7;1-2/h2-4,6-7H,5H2,1H3,(H,21,22,23)(H2,16,17,18,19,20);2-5,9H,1H3;1-2H3. The van der Waals surface area contributed by atoms with Gasteiger partial charge in [-0.2, -0.15) is 0 Å². The Kier molecular flexibility index (Phi) is 8.22. The van der Waals surface area contributed by atoms with E-state index in [1.165, 1.54) is 18.5 Å². The molecule has 0 radical (unpaired) electrons. The van der Waals surface area contributed by atoms with E-state index in [-0.39, 0.29) is 11.4 Å². The molecule has 10 heteroatoms. The van der Waals surface area contributed by atoms with Crippen LogP contribution in [0.3, 0.4) is 0 Å². The zero-order chi connectivity index (χ0) is 24.5. The van der Waals surface area contributed by atoms with Gasteiger partial charge in [0.2, 0.25) is 0 Å². The van der Waals surface area contributed by atoms with Crippen molar-refractivity contribution < 1.29 is 4.39 Å². The van der Waals surface area contributed by atoms with Crippen LogP contribution in [0.15, 0.2) is 59.9 Å². The summed E-state index contributed by atoms with van der Waals surface area (Å²) in [5, 5.41) is 6.65. The van der Waals surface area contributed by atoms with E-state index in [1.807, 2.05) is 39.0 Å². The Bertz CT molecular complexity index is 1410. The van der Waals surface area contributed by atoms with Crippen LogP contribution in [-0.4, -0.2) is 37.0 Å². The molecule has 34 heavy (non-hydrogen) atoms. The molecule has 0 unspecified atom stereocenters. The predicted octanol–water partition coefficient (Wildman–Crippen LogP) is 4.40. The quantitative estimate of drug-likeness (QED) is 0.312. The van der Waals surface area contributed by atoms with Crippen molar-refractivity contribution in [3.63, 3.8) is 0 Å². The van der Waals surface area contributed by atoms with E-state index in [0.717, 1.165) is 11.3 Å². The van der Waals surface area contributed by atoms with Crippen molar-refractivity contribution in [3.05, 3.63) is 82.7 Å². The average molecular weight is 463 g/mol. The zero-order valence-electron chi connectivity index (χ0n) is 19.5. The fraction of sp³-hybridized carbons (Fsp3) is 0.208. The van der Waals surface area contributed by atoms with Crippen molar-refractivity contribution in [1.82, 2.24) is 29.9 Å². The molecule has 9 nitrogen and oxygen atoms in total. The highest BCUT2D eigenvalue weighted by Crippen LogP contribution is 2.16. The van der Waals surface area contributed by atoms with Crippen molar-refractivity contribution in [3.8, 4) is 0 Å². The molecular weight excluding hydrogens is 435 g/mol. The second kappa shape index (κ2) is 11.5. The van der Waals surface area contributed by atoms with Gasteiger partial charge in [-0.15, -0.1) is 0 Å². The monoisotopic (exact) mass is 462 g/mol. The summed E-state index contributed by atoms with van der Waals surface area (Å²) in [4.78, 5) is 34.8. The topological polar surface area (TPSA) is 124 Å². The minimum atomic E-state index is -0.200. The number of imidazole rings is 1. The van der Waals surface area contributed by atoms with E-state index in [9.17, 15) is 9.18 Å². The van der Waals surface area contributed by atoms with Gasteiger partial charge in [-0.1, -0.05) is 26.0 Å². The van der Waals surface area contributed by atoms with Gasteiger partial charge in [0.25, 0.3) is 5.56 Å². The van der Waals surface area contributed by atoms with Gasteiger partial charge in [0, 0.05) is 12.7 Å². The molecule has 0 saturated heterocycles. The molecule has 0 spiro atoms. The van der Waals surface area contributed by atoms with Crippen molar-refractivity contribution in [2.24, 2.45) is 0 Å². The highest BCUT2D eigenvalue weighted by molar-refractivity contribution is 5.82. The number of hydrogen-bond acceptors (Lipinski definition) is 7. The van der Waals surface area contributed by atoms with E-state index in [0.29, 0.717) is 40.3 Å². The molecule has 0 fully saturated rings. The van der Waals surface area contributed by atoms with Gasteiger partial charge in [0.15, 0.2) is 11.5 Å². The average Bonchev–Trinajstić information content (AvgIpc) is 3.34. The van der Waals surface area contributed by atoms with Crippen LogP contribution in [0, 0.1) is 12.7 Å². The largest absolute Gasteiger partial charge is 0.388 e. The third-order valence-corrected chi connectivity index (χ3v) is 4.77. The first-order valence-corrected chi connectivity index (χ1v) is 10.8. The minimum absolute atomic E-state index is 0.140. The minimum Gasteiger partial charge on any atom is -0.388 e. The first-order chi connectivity index (χ1) is 16.5. The Morgan fingerprint density at radius 2 is 1.79 bits per heavy atom. The molecule has 0 amide bonds. The van der Waals surface area contributed by atoms with Gasteiger partial charge in [-0.25, -0.2) is 24.3 Å². The number of aromatic amines is 2. The lowest BCUT2D eigenvalue weighted by atomic mass is 10.1. The smallest absolute Gasteiger partial charge is 0.259 e. The second-order valence-corrected chi connectivity index (χ2v) is 6.92. The Labute approximate surface area is 195 Å². The Balaban J connectivity index is 0.000000248. The molecular formula is C24H27FN8O. The summed E-state index contributed by atoms with van der Waals surface area (Å²) in [5.41, 5.74) is 3.67. The van der Waals surface area contributed by atoms with Gasteiger partial charge in [0.05, 0.1) is 23.8 Å². The van der Waals surface area contributed by atoms with Crippen LogP contribution in [0.2, 0.25) is 0 Å². The van der Waals surface area contributed by atoms with Gasteiger partial charge in [-0.05, 0) is 42.8 Å². The van der Waals surface area contributed by atoms with Crippen molar-refractivity contribution in [1.29, 1.82) is 0 Å². The molecule has 3 aromatic heterocycles. The maximum atomic E-state index is 12.2. The Morgan fingerprint density at radius 3 is 2.53 bits per heavy atom. The van der Waals surface area contributed by atoms with Crippen molar-refractivity contribution >= 4 is 33.6 Å². The second-order valence-electron chi connectivity index (χ2n) is 6.92. The van der Waals surface area contributed by atoms with Gasteiger partial charge in [0.1, 0.15) is 23.5 Å². The van der Waals surface area contributed by atoms with E-state index in [1.54, 1.807) is 25.5 Å². The number of nitrogens with zero attached hydrogens (tertiary/aromatic N) is 4. The summed E-state index contributed by atoms with van der Waals surface area (Å²) in [6, 6.07) is 11.8. The third kappa shape index (κ3) is 5.71. The number of halogens is 1. The maximum Gasteiger partial charge on any atom is 0.259 e. The third-order valence-electron chi connectivity index (χ3n) is 4.77. The summed E-state index contributed by atoms with van der Waals surface area (Å²) in [5.74, 6) is 0.952. The van der Waals surface area contributed by atoms with Crippen molar-refractivity contribution in [2.75, 3.05) is 17.7 Å². The lowest BCUT2D eigenvalue weighted by molar-refractivity contribution is 0.628. The lowest BCUT2D eigenvalue weighted by Gasteiger charge is -2.07. The number of aromatic nitrogens is 6. The fourth-order valence-corrected chi connectivity index (χ4v) is 3.17. The summed E-state index contributed by atoms with van der Waals surface area (Å²) >= 11 is 0. The highest BCUT2D eigenvalue weighted by atomic mass is 19.1. The van der Waals surface area contributed by atoms with Crippen LogP contribution in [0.1, 0.15) is 25.2 Å². The van der Waals surface area contributed by atoms with E-state index < -0.39 is 0 Å². The number of fused-ring (bicyclic) bond motifs is 2. The Hall–Kier alpha value is -4.34. The van der Waals surface area contributed by atoms with Crippen LogP contribution in [0.25, 0.3) is 22.1 Å². The molecule has 176 valence electrons.